The molecule has 7 aliphatic heterocycles. The maximum atomic E-state index is 10.9. The van der Waals surface area contributed by atoms with Crippen molar-refractivity contribution in [3.63, 3.8) is 0 Å². The number of benzene rings is 7. The summed E-state index contributed by atoms with van der Waals surface area (Å²) in [5.41, 5.74) is 26.6. The van der Waals surface area contributed by atoms with Gasteiger partial charge in [0.25, 0.3) is 0 Å². The molecule has 0 saturated heterocycles. The van der Waals surface area contributed by atoms with E-state index in [9.17, 15) is 35.7 Å². The topological polar surface area (TPSA) is 266 Å². The molecule has 0 bridgehead atoms. The molecule has 770 valence electrons. The monoisotopic (exact) mass is 1980 g/mol. The Hall–Kier alpha value is -11.3. The highest BCUT2D eigenvalue weighted by Crippen LogP contribution is 2.60. The van der Waals surface area contributed by atoms with Crippen LogP contribution in [0, 0.1) is 79.3 Å². The fourth-order valence-corrected chi connectivity index (χ4v) is 30.2. The van der Waals surface area contributed by atoms with Gasteiger partial charge in [-0.15, -0.1) is 0 Å². The van der Waals surface area contributed by atoms with Crippen molar-refractivity contribution in [3.05, 3.63) is 296 Å². The lowest BCUT2D eigenvalue weighted by atomic mass is 9.66. The SMILES string of the molecule is CC1(C)CCC[C@@H]([C@@H]2c3ccccc3-c3cncn32)[C@@H]1O.CC1(C)CCC[C@@H]([C@@H]2c3ccccc3-c3cncn32)[C@H]1O.CC1(C)CCC[C@@H]([C@H]2c3ccccc3-c3cncn32)[C@@H]1O.CC1(C)CCC[C@@H]([C@H]2c3ccccc3-c3cncn32)[C@H]1O.CC1(C)CCC[C@H]([C@@H]2c3ccccc3-c3cncn32)[C@H]1O.CC1(C)CCC[C@H]([C@H]2c3ccccc3-c3cncn32)[C@@H]1O.CC1(C)CCC[C@H]([C@H]2c3ccccc3-c3cncn32)[C@H]1O. The Morgan fingerprint density at radius 1 is 0.184 bits per heavy atom. The van der Waals surface area contributed by atoms with Crippen LogP contribution < -0.4 is 0 Å². The molecule has 0 spiro atoms. The van der Waals surface area contributed by atoms with E-state index in [-0.39, 0.29) is 164 Å². The van der Waals surface area contributed by atoms with Crippen molar-refractivity contribution < 1.29 is 35.7 Å². The van der Waals surface area contributed by atoms with Crippen molar-refractivity contribution in [1.82, 2.24) is 66.9 Å². The first kappa shape index (κ1) is 100. The molecule has 7 aliphatic carbocycles. The predicted octanol–water partition coefficient (Wildman–Crippen LogP) is 25.5. The van der Waals surface area contributed by atoms with Crippen molar-refractivity contribution >= 4 is 0 Å². The van der Waals surface area contributed by atoms with Crippen LogP contribution in [-0.2, 0) is 0 Å². The van der Waals surface area contributed by atoms with Crippen molar-refractivity contribution in [2.45, 2.75) is 317 Å². The minimum atomic E-state index is -0.266. The minimum absolute atomic E-state index is 0.00119. The van der Waals surface area contributed by atoms with Gasteiger partial charge in [0.05, 0.1) is 213 Å². The second-order valence-corrected chi connectivity index (χ2v) is 50.5. The van der Waals surface area contributed by atoms with E-state index in [0.29, 0.717) is 0 Å². The van der Waals surface area contributed by atoms with Gasteiger partial charge in [0.15, 0.2) is 0 Å². The summed E-state index contributed by atoms with van der Waals surface area (Å²) in [6.45, 7) is 30.7. The average molecular weight is 1980 g/mol. The Bertz CT molecular complexity index is 5870. The number of hydrogen-bond acceptors (Lipinski definition) is 14. The molecule has 14 aliphatic rings. The van der Waals surface area contributed by atoms with Crippen LogP contribution in [0.15, 0.2) is 258 Å². The average Bonchev–Trinajstić information content (AvgIpc) is 1.61. The van der Waals surface area contributed by atoms with E-state index in [0.717, 1.165) is 89.9 Å². The molecular formula is C126H154N14O7. The summed E-state index contributed by atoms with van der Waals surface area (Å²) in [4.78, 5) is 30.3. The fourth-order valence-electron chi connectivity index (χ4n) is 30.2. The number of aliphatic hydroxyl groups excluding tert-OH is 7. The number of hydrogen-bond donors (Lipinski definition) is 7. The normalized spacial score (nSPS) is 30.0. The van der Waals surface area contributed by atoms with Crippen molar-refractivity contribution in [2.75, 3.05) is 0 Å². The summed E-state index contributed by atoms with van der Waals surface area (Å²) in [5, 5.41) is 76.4. The zero-order chi connectivity index (χ0) is 102. The number of aliphatic hydroxyl groups is 7. The van der Waals surface area contributed by atoms with Crippen LogP contribution in [0.5, 0.6) is 0 Å². The molecule has 7 aromatic heterocycles. The van der Waals surface area contributed by atoms with Gasteiger partial charge in [0, 0.05) is 80.4 Å². The number of imidazole rings is 7. The third-order valence-corrected chi connectivity index (χ3v) is 38.4. The Kier molecular flexibility index (Phi) is 26.8. The first-order valence-corrected chi connectivity index (χ1v) is 55.2. The molecule has 14 heterocycles. The molecule has 14 aromatic rings. The van der Waals surface area contributed by atoms with Crippen LogP contribution in [0.25, 0.3) is 78.8 Å². The Balaban J connectivity index is 0.0000000974. The van der Waals surface area contributed by atoms with Gasteiger partial charge in [0.1, 0.15) is 0 Å². The molecule has 7 N–H and O–H groups in total. The van der Waals surface area contributed by atoms with E-state index in [4.69, 9.17) is 0 Å². The highest BCUT2D eigenvalue weighted by molar-refractivity contribution is 5.75. The predicted molar refractivity (Wildman–Crippen MR) is 581 cm³/mol. The molecule has 7 fully saturated rings. The third-order valence-electron chi connectivity index (χ3n) is 38.4. The lowest BCUT2D eigenvalue weighted by Crippen LogP contribution is -2.43. The van der Waals surface area contributed by atoms with Crippen molar-refractivity contribution in [1.29, 1.82) is 0 Å². The molecule has 7 saturated carbocycles. The highest BCUT2D eigenvalue weighted by Gasteiger charge is 2.54. The minimum Gasteiger partial charge on any atom is -0.392 e. The van der Waals surface area contributed by atoms with Crippen LogP contribution in [-0.4, -0.2) is 145 Å². The zero-order valence-electron chi connectivity index (χ0n) is 88.6. The molecule has 21 nitrogen and oxygen atoms in total. The highest BCUT2D eigenvalue weighted by atomic mass is 16.3. The van der Waals surface area contributed by atoms with Crippen molar-refractivity contribution in [2.24, 2.45) is 79.3 Å². The maximum Gasteiger partial charge on any atom is 0.0956 e. The third kappa shape index (κ3) is 17.6. The van der Waals surface area contributed by atoms with Gasteiger partial charge in [0.2, 0.25) is 0 Å². The summed E-state index contributed by atoms with van der Waals surface area (Å²) < 4.78 is 15.8. The lowest BCUT2D eigenvalue weighted by Gasteiger charge is -2.43. The summed E-state index contributed by atoms with van der Waals surface area (Å²) >= 11 is 0. The molecule has 147 heavy (non-hydrogen) atoms. The summed E-state index contributed by atoms with van der Waals surface area (Å²) in [7, 11) is 0. The van der Waals surface area contributed by atoms with Crippen molar-refractivity contribution in [3.8, 4) is 78.8 Å². The Labute approximate surface area is 868 Å². The smallest absolute Gasteiger partial charge is 0.0956 e. The van der Waals surface area contributed by atoms with Crippen LogP contribution >= 0.6 is 0 Å². The quantitative estimate of drug-likeness (QED) is 0.0783. The van der Waals surface area contributed by atoms with Gasteiger partial charge < -0.3 is 67.7 Å². The summed E-state index contributed by atoms with van der Waals surface area (Å²) in [6.07, 6.45) is 48.9. The fraction of sp³-hybridized carbons (Fsp3) is 0.500. The van der Waals surface area contributed by atoms with Crippen LogP contribution in [0.1, 0.15) is 313 Å². The molecule has 0 radical (unpaired) electrons. The molecule has 0 amide bonds. The van der Waals surface area contributed by atoms with E-state index in [1.165, 1.54) is 163 Å². The number of nitrogens with zero attached hydrogens (tertiary/aromatic N) is 14. The van der Waals surface area contributed by atoms with Gasteiger partial charge in [-0.3, -0.25) is 0 Å². The first-order valence-electron chi connectivity index (χ1n) is 55.2. The van der Waals surface area contributed by atoms with Gasteiger partial charge in [-0.1, -0.05) is 312 Å². The van der Waals surface area contributed by atoms with Crippen LogP contribution in [0.2, 0.25) is 0 Å². The number of aromatic nitrogens is 14. The molecule has 28 rings (SSSR count). The molecule has 21 heteroatoms. The van der Waals surface area contributed by atoms with E-state index in [1.807, 2.05) is 87.7 Å². The first-order chi connectivity index (χ1) is 70.7. The molecule has 7 aromatic carbocycles. The Morgan fingerprint density at radius 2 is 0.299 bits per heavy atom. The van der Waals surface area contributed by atoms with Crippen LogP contribution in [0.4, 0.5) is 0 Å². The van der Waals surface area contributed by atoms with E-state index >= 15 is 0 Å². The summed E-state index contributed by atoms with van der Waals surface area (Å²) in [5.74, 6) is 1.88. The number of fused-ring (bicyclic) bond motifs is 21. The summed E-state index contributed by atoms with van der Waals surface area (Å²) in [6, 6.07) is 61.6. The second-order valence-electron chi connectivity index (χ2n) is 50.5. The van der Waals surface area contributed by atoms with Gasteiger partial charge >= 0.3 is 0 Å². The van der Waals surface area contributed by atoms with Gasteiger partial charge in [-0.25, -0.2) is 34.9 Å². The zero-order valence-corrected chi connectivity index (χ0v) is 88.6. The van der Waals surface area contributed by atoms with Gasteiger partial charge in [-0.05, 0) is 167 Å². The van der Waals surface area contributed by atoms with E-state index in [1.54, 1.807) is 0 Å². The molecule has 0 unspecified atom stereocenters. The second kappa shape index (κ2) is 39.3. The molecule has 21 atom stereocenters. The van der Waals surface area contributed by atoms with Gasteiger partial charge in [-0.2, -0.15) is 0 Å². The number of rotatable bonds is 7. The van der Waals surface area contributed by atoms with E-state index < -0.39 is 0 Å². The standard InChI is InChI=1S/7C18H22N2O/c7*1-18(2)9-5-8-14(17(18)21)16-13-7-4-3-6-12(13)15-10-19-11-20(15)16/h7*3-4,6-7,10-11,14,16-17,21H,5,8-9H2,1-2H3/t14-,16+,17+;2*14-,16+,17-;2*14-,16-,17+;2*14-,16-,17-/m0101010/s1. The largest absolute Gasteiger partial charge is 0.392 e. The Morgan fingerprint density at radius 3 is 0.422 bits per heavy atom. The lowest BCUT2D eigenvalue weighted by molar-refractivity contribution is -0.0443. The van der Waals surface area contributed by atoms with E-state index in [2.05, 4.69) is 334 Å². The van der Waals surface area contributed by atoms with Crippen LogP contribution in [0.3, 0.4) is 0 Å². The maximum absolute atomic E-state index is 10.9. The molecular weight excluding hydrogens is 1820 g/mol.